The summed E-state index contributed by atoms with van der Waals surface area (Å²) in [6.45, 7) is 0. The standard InChI is InChI=1S/C24H14NS/c1-3-12-20-15(7-1)17-10-5-11-18(24(17)25-20)16-9-6-14-22-23(16)19-8-2-4-13-21(19)26-22/h1-9,11-14,25H. The van der Waals surface area contributed by atoms with Gasteiger partial charge in [0.2, 0.25) is 0 Å². The van der Waals surface area contributed by atoms with Crippen molar-refractivity contribution >= 4 is 53.3 Å². The van der Waals surface area contributed by atoms with E-state index < -0.39 is 0 Å². The van der Waals surface area contributed by atoms with Crippen molar-refractivity contribution in [3.05, 3.63) is 84.9 Å². The predicted octanol–water partition coefficient (Wildman–Crippen LogP) is 7.16. The van der Waals surface area contributed by atoms with Gasteiger partial charge in [0.1, 0.15) is 0 Å². The van der Waals surface area contributed by atoms with Crippen LogP contribution in [0.1, 0.15) is 0 Å². The van der Waals surface area contributed by atoms with Crippen LogP contribution in [0.3, 0.4) is 0 Å². The van der Waals surface area contributed by atoms with E-state index in [-0.39, 0.29) is 0 Å². The van der Waals surface area contributed by atoms with Crippen LogP contribution >= 0.6 is 11.3 Å². The molecule has 0 saturated carbocycles. The van der Waals surface area contributed by atoms with Crippen LogP contribution in [-0.2, 0) is 0 Å². The summed E-state index contributed by atoms with van der Waals surface area (Å²) in [5, 5.41) is 5.07. The van der Waals surface area contributed by atoms with Crippen molar-refractivity contribution in [2.45, 2.75) is 0 Å². The molecule has 26 heavy (non-hydrogen) atoms. The van der Waals surface area contributed by atoms with Crippen LogP contribution in [0.5, 0.6) is 0 Å². The Hall–Kier alpha value is -3.10. The number of hydrogen-bond acceptors (Lipinski definition) is 1. The molecule has 0 fully saturated rings. The molecule has 0 spiro atoms. The molecule has 0 aliphatic heterocycles. The highest BCUT2D eigenvalue weighted by molar-refractivity contribution is 7.25. The fraction of sp³-hybridized carbons (Fsp3) is 0. The van der Waals surface area contributed by atoms with E-state index in [2.05, 4.69) is 83.8 Å². The molecule has 6 aromatic rings. The number of hydrogen-bond donors (Lipinski definition) is 1. The summed E-state index contributed by atoms with van der Waals surface area (Å²) in [5.74, 6) is 0. The minimum Gasteiger partial charge on any atom is -0.354 e. The Morgan fingerprint density at radius 3 is 2.46 bits per heavy atom. The Kier molecular flexibility index (Phi) is 2.82. The Morgan fingerprint density at radius 2 is 1.50 bits per heavy atom. The molecular weight excluding hydrogens is 334 g/mol. The van der Waals surface area contributed by atoms with Gasteiger partial charge in [0.05, 0.1) is 5.52 Å². The van der Waals surface area contributed by atoms with Crippen LogP contribution < -0.4 is 0 Å². The van der Waals surface area contributed by atoms with Gasteiger partial charge in [0.25, 0.3) is 0 Å². The van der Waals surface area contributed by atoms with Crippen molar-refractivity contribution in [2.75, 3.05) is 0 Å². The first-order chi connectivity index (χ1) is 12.9. The van der Waals surface area contributed by atoms with Crippen molar-refractivity contribution in [3.63, 3.8) is 0 Å². The van der Waals surface area contributed by atoms with Gasteiger partial charge >= 0.3 is 0 Å². The summed E-state index contributed by atoms with van der Waals surface area (Å²) in [6, 6.07) is 31.4. The third-order valence-electron chi connectivity index (χ3n) is 5.15. The van der Waals surface area contributed by atoms with E-state index in [9.17, 15) is 0 Å². The average Bonchev–Trinajstić information content (AvgIpc) is 3.26. The van der Waals surface area contributed by atoms with Gasteiger partial charge in [-0.15, -0.1) is 11.3 Å². The lowest BCUT2D eigenvalue weighted by Gasteiger charge is -2.06. The van der Waals surface area contributed by atoms with E-state index in [4.69, 9.17) is 0 Å². The molecule has 6 rings (SSSR count). The van der Waals surface area contributed by atoms with Crippen molar-refractivity contribution in [1.82, 2.24) is 4.98 Å². The lowest BCUT2D eigenvalue weighted by Crippen LogP contribution is -1.82. The van der Waals surface area contributed by atoms with E-state index in [1.54, 1.807) is 0 Å². The van der Waals surface area contributed by atoms with E-state index >= 15 is 0 Å². The largest absolute Gasteiger partial charge is 0.354 e. The van der Waals surface area contributed by atoms with Gasteiger partial charge < -0.3 is 4.98 Å². The second-order valence-corrected chi connectivity index (χ2v) is 7.67. The SMILES string of the molecule is [c]1ccc(-c2cccc3sc4ccccc4c23)c2[nH]c3ccccc3c12. The van der Waals surface area contributed by atoms with Gasteiger partial charge in [-0.3, -0.25) is 0 Å². The van der Waals surface area contributed by atoms with Gasteiger partial charge in [-0.05, 0) is 29.8 Å². The third kappa shape index (κ3) is 1.85. The quantitative estimate of drug-likeness (QED) is 0.324. The van der Waals surface area contributed by atoms with E-state index in [1.807, 2.05) is 17.4 Å². The van der Waals surface area contributed by atoms with Crippen molar-refractivity contribution in [3.8, 4) is 11.1 Å². The molecule has 0 unspecified atom stereocenters. The maximum atomic E-state index is 3.62. The fourth-order valence-corrected chi connectivity index (χ4v) is 5.14. The first kappa shape index (κ1) is 14.1. The Balaban J connectivity index is 1.79. The predicted molar refractivity (Wildman–Crippen MR) is 113 cm³/mol. The lowest BCUT2D eigenvalue weighted by atomic mass is 9.97. The van der Waals surface area contributed by atoms with Gasteiger partial charge in [-0.25, -0.2) is 0 Å². The molecule has 0 aliphatic carbocycles. The molecule has 0 amide bonds. The van der Waals surface area contributed by atoms with Crippen LogP contribution in [0.2, 0.25) is 0 Å². The molecule has 4 aromatic carbocycles. The molecular formula is C24H14NS. The van der Waals surface area contributed by atoms with Gasteiger partial charge in [-0.1, -0.05) is 60.7 Å². The Bertz CT molecular complexity index is 1430. The maximum absolute atomic E-state index is 3.62. The molecule has 0 bridgehead atoms. The normalized spacial score (nSPS) is 11.8. The number of rotatable bonds is 1. The highest BCUT2D eigenvalue weighted by Gasteiger charge is 2.14. The maximum Gasteiger partial charge on any atom is 0.0551 e. The van der Waals surface area contributed by atoms with Crippen molar-refractivity contribution < 1.29 is 0 Å². The first-order valence-corrected chi connectivity index (χ1v) is 9.53. The van der Waals surface area contributed by atoms with Crippen LogP contribution in [-0.4, -0.2) is 4.98 Å². The van der Waals surface area contributed by atoms with Crippen molar-refractivity contribution in [1.29, 1.82) is 0 Å². The average molecular weight is 348 g/mol. The second kappa shape index (κ2) is 5.20. The number of aromatic amines is 1. The topological polar surface area (TPSA) is 15.8 Å². The Labute approximate surface area is 154 Å². The second-order valence-electron chi connectivity index (χ2n) is 6.59. The number of H-pyrrole nitrogens is 1. The van der Waals surface area contributed by atoms with Gasteiger partial charge in [0, 0.05) is 42.0 Å². The highest BCUT2D eigenvalue weighted by Crippen LogP contribution is 2.42. The number of nitrogens with one attached hydrogen (secondary N) is 1. The molecule has 1 N–H and O–H groups in total. The molecule has 121 valence electrons. The molecule has 0 saturated heterocycles. The molecule has 2 aromatic heterocycles. The van der Waals surface area contributed by atoms with Crippen LogP contribution in [0.15, 0.2) is 78.9 Å². The lowest BCUT2D eigenvalue weighted by molar-refractivity contribution is 1.54. The van der Waals surface area contributed by atoms with Crippen LogP contribution in [0, 0.1) is 6.07 Å². The minimum absolute atomic E-state index is 1.16. The number of benzene rings is 4. The van der Waals surface area contributed by atoms with Crippen molar-refractivity contribution in [2.24, 2.45) is 0 Å². The number of aromatic nitrogens is 1. The van der Waals surface area contributed by atoms with Crippen LogP contribution in [0.25, 0.3) is 53.1 Å². The molecule has 0 aliphatic rings. The summed E-state index contributed by atoms with van der Waals surface area (Å²) in [4.78, 5) is 3.62. The zero-order chi connectivity index (χ0) is 17.1. The summed E-state index contributed by atoms with van der Waals surface area (Å²) >= 11 is 1.86. The van der Waals surface area contributed by atoms with E-state index in [1.165, 1.54) is 36.7 Å². The van der Waals surface area contributed by atoms with Crippen LogP contribution in [0.4, 0.5) is 0 Å². The summed E-state index contributed by atoms with van der Waals surface area (Å²) < 4.78 is 2.67. The minimum atomic E-state index is 1.16. The first-order valence-electron chi connectivity index (χ1n) is 8.72. The van der Waals surface area contributed by atoms with Gasteiger partial charge in [-0.2, -0.15) is 0 Å². The number of para-hydroxylation sites is 1. The zero-order valence-corrected chi connectivity index (χ0v) is 14.7. The number of fused-ring (bicyclic) bond motifs is 6. The third-order valence-corrected chi connectivity index (χ3v) is 6.28. The summed E-state index contributed by atoms with van der Waals surface area (Å²) in [7, 11) is 0. The zero-order valence-electron chi connectivity index (χ0n) is 13.9. The molecule has 2 heterocycles. The Morgan fingerprint density at radius 1 is 0.692 bits per heavy atom. The summed E-state index contributed by atoms with van der Waals surface area (Å²) in [5.41, 5.74) is 4.85. The van der Waals surface area contributed by atoms with Gasteiger partial charge in [0.15, 0.2) is 0 Å². The summed E-state index contributed by atoms with van der Waals surface area (Å²) in [6.07, 6.45) is 0. The number of thiophene rings is 1. The van der Waals surface area contributed by atoms with E-state index in [0.717, 1.165) is 16.4 Å². The smallest absolute Gasteiger partial charge is 0.0551 e. The molecule has 0 atom stereocenters. The van der Waals surface area contributed by atoms with E-state index in [0.29, 0.717) is 0 Å². The molecule has 1 radical (unpaired) electrons. The fourth-order valence-electron chi connectivity index (χ4n) is 4.01. The monoisotopic (exact) mass is 348 g/mol. The molecule has 2 heteroatoms. The highest BCUT2D eigenvalue weighted by atomic mass is 32.1. The molecule has 1 nitrogen and oxygen atoms in total.